The summed E-state index contributed by atoms with van der Waals surface area (Å²) in [5.74, 6) is 0. The SMILES string of the molecule is CCN(C(=O)N1CCNC1=O)c1ccccc1. The maximum Gasteiger partial charge on any atom is 0.332 e. The molecular weight excluding hydrogens is 218 g/mol. The van der Waals surface area contributed by atoms with Crippen LogP contribution in [0, 0.1) is 0 Å². The van der Waals surface area contributed by atoms with Crippen molar-refractivity contribution in [3.8, 4) is 0 Å². The summed E-state index contributed by atoms with van der Waals surface area (Å²) in [5, 5.41) is 2.62. The van der Waals surface area contributed by atoms with Gasteiger partial charge < -0.3 is 5.32 Å². The minimum atomic E-state index is -0.315. The topological polar surface area (TPSA) is 52.7 Å². The normalized spacial score (nSPS) is 14.6. The van der Waals surface area contributed by atoms with E-state index in [-0.39, 0.29) is 12.1 Å². The predicted octanol–water partition coefficient (Wildman–Crippen LogP) is 1.66. The maximum absolute atomic E-state index is 12.2. The number of rotatable bonds is 2. The summed E-state index contributed by atoms with van der Waals surface area (Å²) in [6.07, 6.45) is 0. The molecule has 5 nitrogen and oxygen atoms in total. The van der Waals surface area contributed by atoms with Crippen LogP contribution in [0.25, 0.3) is 0 Å². The second-order valence-electron chi connectivity index (χ2n) is 3.75. The molecule has 1 aromatic rings. The molecule has 5 heteroatoms. The van der Waals surface area contributed by atoms with Gasteiger partial charge in [-0.3, -0.25) is 4.90 Å². The Morgan fingerprint density at radius 1 is 1.41 bits per heavy atom. The second-order valence-corrected chi connectivity index (χ2v) is 3.75. The Kier molecular flexibility index (Phi) is 3.27. The molecule has 0 bridgehead atoms. The Labute approximate surface area is 100 Å². The van der Waals surface area contributed by atoms with Crippen molar-refractivity contribution in [2.75, 3.05) is 24.5 Å². The predicted molar refractivity (Wildman–Crippen MR) is 65.0 cm³/mol. The number of anilines is 1. The van der Waals surface area contributed by atoms with Crippen molar-refractivity contribution < 1.29 is 9.59 Å². The number of carbonyl (C=O) groups is 2. The minimum Gasteiger partial charge on any atom is -0.336 e. The molecule has 0 unspecified atom stereocenters. The Morgan fingerprint density at radius 3 is 2.65 bits per heavy atom. The van der Waals surface area contributed by atoms with Crippen molar-refractivity contribution >= 4 is 17.7 Å². The van der Waals surface area contributed by atoms with Crippen molar-refractivity contribution in [2.24, 2.45) is 0 Å². The van der Waals surface area contributed by atoms with Crippen LogP contribution < -0.4 is 10.2 Å². The summed E-state index contributed by atoms with van der Waals surface area (Å²) in [7, 11) is 0. The number of benzene rings is 1. The van der Waals surface area contributed by atoms with Crippen LogP contribution >= 0.6 is 0 Å². The fourth-order valence-electron chi connectivity index (χ4n) is 1.84. The summed E-state index contributed by atoms with van der Waals surface area (Å²) in [6.45, 7) is 3.38. The van der Waals surface area contributed by atoms with Gasteiger partial charge in [0.2, 0.25) is 0 Å². The average molecular weight is 233 g/mol. The molecule has 2 rings (SSSR count). The lowest BCUT2D eigenvalue weighted by molar-refractivity contribution is 0.203. The lowest BCUT2D eigenvalue weighted by atomic mass is 10.3. The Morgan fingerprint density at radius 2 is 2.12 bits per heavy atom. The highest BCUT2D eigenvalue weighted by Crippen LogP contribution is 2.15. The van der Waals surface area contributed by atoms with Gasteiger partial charge in [0.15, 0.2) is 0 Å². The fourth-order valence-corrected chi connectivity index (χ4v) is 1.84. The number of hydrogen-bond donors (Lipinski definition) is 1. The maximum atomic E-state index is 12.2. The Bertz CT molecular complexity index is 419. The molecule has 1 aliphatic heterocycles. The van der Waals surface area contributed by atoms with Gasteiger partial charge in [0.25, 0.3) is 0 Å². The molecule has 0 spiro atoms. The molecule has 1 aromatic carbocycles. The average Bonchev–Trinajstić information content (AvgIpc) is 2.77. The van der Waals surface area contributed by atoms with Gasteiger partial charge in [-0.1, -0.05) is 18.2 Å². The van der Waals surface area contributed by atoms with Crippen LogP contribution in [-0.4, -0.2) is 36.6 Å². The van der Waals surface area contributed by atoms with E-state index in [2.05, 4.69) is 5.32 Å². The van der Waals surface area contributed by atoms with E-state index < -0.39 is 0 Å². The van der Waals surface area contributed by atoms with Crippen LogP contribution in [0.3, 0.4) is 0 Å². The van der Waals surface area contributed by atoms with Crippen LogP contribution in [0.4, 0.5) is 15.3 Å². The van der Waals surface area contributed by atoms with E-state index in [1.54, 1.807) is 4.90 Å². The standard InChI is InChI=1S/C12H15N3O2/c1-2-14(10-6-4-3-5-7-10)12(17)15-9-8-13-11(15)16/h3-7H,2,8-9H2,1H3,(H,13,16). The highest BCUT2D eigenvalue weighted by molar-refractivity contribution is 6.03. The van der Waals surface area contributed by atoms with E-state index >= 15 is 0 Å². The Hall–Kier alpha value is -2.04. The summed E-state index contributed by atoms with van der Waals surface area (Å²) in [6, 6.07) is 8.76. The van der Waals surface area contributed by atoms with E-state index in [0.29, 0.717) is 19.6 Å². The van der Waals surface area contributed by atoms with Crippen LogP contribution in [-0.2, 0) is 0 Å². The highest BCUT2D eigenvalue weighted by atomic mass is 16.2. The zero-order valence-electron chi connectivity index (χ0n) is 9.72. The largest absolute Gasteiger partial charge is 0.336 e. The number of amides is 4. The molecule has 0 atom stereocenters. The van der Waals surface area contributed by atoms with Gasteiger partial charge in [-0.25, -0.2) is 14.5 Å². The molecule has 0 aliphatic carbocycles. The second kappa shape index (κ2) is 4.86. The third-order valence-electron chi connectivity index (χ3n) is 2.70. The first-order valence-electron chi connectivity index (χ1n) is 5.66. The van der Waals surface area contributed by atoms with E-state index in [4.69, 9.17) is 0 Å². The molecular formula is C12H15N3O2. The van der Waals surface area contributed by atoms with Gasteiger partial charge in [0.05, 0.1) is 0 Å². The number of urea groups is 2. The molecule has 1 aliphatic rings. The zero-order valence-corrected chi connectivity index (χ0v) is 9.72. The first-order valence-corrected chi connectivity index (χ1v) is 5.66. The Balaban J connectivity index is 2.19. The van der Waals surface area contributed by atoms with Crippen molar-refractivity contribution in [1.29, 1.82) is 0 Å². The fraction of sp³-hybridized carbons (Fsp3) is 0.333. The van der Waals surface area contributed by atoms with Gasteiger partial charge >= 0.3 is 12.1 Å². The first-order chi connectivity index (χ1) is 8.24. The number of hydrogen-bond acceptors (Lipinski definition) is 2. The highest BCUT2D eigenvalue weighted by Gasteiger charge is 2.29. The summed E-state index contributed by atoms with van der Waals surface area (Å²) in [5.41, 5.74) is 0.805. The van der Waals surface area contributed by atoms with Crippen molar-refractivity contribution in [3.05, 3.63) is 30.3 Å². The molecule has 0 radical (unpaired) electrons. The molecule has 17 heavy (non-hydrogen) atoms. The molecule has 1 heterocycles. The van der Waals surface area contributed by atoms with Gasteiger partial charge in [0.1, 0.15) is 0 Å². The van der Waals surface area contributed by atoms with Crippen molar-refractivity contribution in [2.45, 2.75) is 6.92 Å². The molecule has 1 saturated heterocycles. The van der Waals surface area contributed by atoms with E-state index in [1.165, 1.54) is 4.90 Å². The van der Waals surface area contributed by atoms with Crippen LogP contribution in [0.5, 0.6) is 0 Å². The van der Waals surface area contributed by atoms with E-state index in [0.717, 1.165) is 5.69 Å². The molecule has 1 fully saturated rings. The minimum absolute atomic E-state index is 0.270. The molecule has 4 amide bonds. The third kappa shape index (κ3) is 2.22. The van der Waals surface area contributed by atoms with Crippen molar-refractivity contribution in [1.82, 2.24) is 10.2 Å². The summed E-state index contributed by atoms with van der Waals surface area (Å²) >= 11 is 0. The molecule has 90 valence electrons. The van der Waals surface area contributed by atoms with Gasteiger partial charge in [0, 0.05) is 25.3 Å². The zero-order chi connectivity index (χ0) is 12.3. The smallest absolute Gasteiger partial charge is 0.332 e. The lowest BCUT2D eigenvalue weighted by Crippen LogP contribution is -2.44. The first kappa shape index (κ1) is 11.4. The number of nitrogens with zero attached hydrogens (tertiary/aromatic N) is 2. The van der Waals surface area contributed by atoms with Crippen LogP contribution in [0.15, 0.2) is 30.3 Å². The lowest BCUT2D eigenvalue weighted by Gasteiger charge is -2.25. The van der Waals surface area contributed by atoms with Gasteiger partial charge in [-0.2, -0.15) is 0 Å². The van der Waals surface area contributed by atoms with Crippen LogP contribution in [0.2, 0.25) is 0 Å². The molecule has 0 saturated carbocycles. The van der Waals surface area contributed by atoms with Crippen molar-refractivity contribution in [3.63, 3.8) is 0 Å². The van der Waals surface area contributed by atoms with E-state index in [9.17, 15) is 9.59 Å². The number of para-hydroxylation sites is 1. The summed E-state index contributed by atoms with van der Waals surface area (Å²) in [4.78, 5) is 26.4. The molecule has 0 aromatic heterocycles. The van der Waals surface area contributed by atoms with Gasteiger partial charge in [-0.05, 0) is 19.1 Å². The monoisotopic (exact) mass is 233 g/mol. The number of nitrogens with one attached hydrogen (secondary N) is 1. The molecule has 1 N–H and O–H groups in total. The van der Waals surface area contributed by atoms with Crippen LogP contribution in [0.1, 0.15) is 6.92 Å². The van der Waals surface area contributed by atoms with Gasteiger partial charge in [-0.15, -0.1) is 0 Å². The number of imide groups is 1. The van der Waals surface area contributed by atoms with E-state index in [1.807, 2.05) is 37.3 Å². The third-order valence-corrected chi connectivity index (χ3v) is 2.70. The quantitative estimate of drug-likeness (QED) is 0.844. The summed E-state index contributed by atoms with van der Waals surface area (Å²) < 4.78 is 0. The number of carbonyl (C=O) groups excluding carboxylic acids is 2.